The van der Waals surface area contributed by atoms with Crippen LogP contribution in [0, 0.1) is 5.82 Å². The van der Waals surface area contributed by atoms with Gasteiger partial charge in [0.25, 0.3) is 5.91 Å². The largest absolute Gasteiger partial charge is 0.484 e. The zero-order valence-corrected chi connectivity index (χ0v) is 12.6. The summed E-state index contributed by atoms with van der Waals surface area (Å²) in [4.78, 5) is 22.6. The smallest absolute Gasteiger partial charge is 0.258 e. The Morgan fingerprint density at radius 3 is 2.30 bits per heavy atom. The van der Waals surface area contributed by atoms with Crippen molar-refractivity contribution >= 4 is 17.5 Å². The monoisotopic (exact) mass is 316 g/mol. The Hall–Kier alpha value is -2.89. The lowest BCUT2D eigenvalue weighted by molar-refractivity contribution is -0.123. The summed E-state index contributed by atoms with van der Waals surface area (Å²) in [6.45, 7) is 1.65. The molecule has 2 amide bonds. The number of amides is 2. The first kappa shape index (κ1) is 16.5. The van der Waals surface area contributed by atoms with E-state index in [2.05, 4.69) is 10.6 Å². The molecule has 0 bridgehead atoms. The first-order chi connectivity index (χ1) is 11.0. The van der Waals surface area contributed by atoms with Crippen LogP contribution in [0.1, 0.15) is 12.5 Å². The molecule has 2 aromatic rings. The highest BCUT2D eigenvalue weighted by Gasteiger charge is 2.03. The summed E-state index contributed by atoms with van der Waals surface area (Å²) in [5.74, 6) is -0.338. The summed E-state index contributed by atoms with van der Waals surface area (Å²) in [7, 11) is 0. The summed E-state index contributed by atoms with van der Waals surface area (Å²) in [5.41, 5.74) is 1.60. The number of ether oxygens (including phenoxy) is 1. The van der Waals surface area contributed by atoms with E-state index in [1.165, 1.54) is 31.2 Å². The number of nitrogens with one attached hydrogen (secondary N) is 2. The third kappa shape index (κ3) is 5.78. The Morgan fingerprint density at radius 1 is 1.04 bits per heavy atom. The predicted octanol–water partition coefficient (Wildman–Crippen LogP) is 2.48. The minimum absolute atomic E-state index is 0.135. The molecule has 0 fully saturated rings. The number of anilines is 1. The van der Waals surface area contributed by atoms with Gasteiger partial charge < -0.3 is 15.4 Å². The fourth-order valence-corrected chi connectivity index (χ4v) is 1.84. The average molecular weight is 316 g/mol. The Bertz CT molecular complexity index is 669. The number of halogens is 1. The van der Waals surface area contributed by atoms with Crippen LogP contribution in [0.3, 0.4) is 0 Å². The van der Waals surface area contributed by atoms with E-state index in [1.807, 2.05) is 12.1 Å². The van der Waals surface area contributed by atoms with Crippen LogP contribution >= 0.6 is 0 Å². The molecule has 0 atom stereocenters. The predicted molar refractivity (Wildman–Crippen MR) is 84.5 cm³/mol. The standard InChI is InChI=1S/C17H17FN2O3/c1-12(21)20-15-6-2-13(3-7-15)10-19-17(22)11-23-16-8-4-14(18)5-9-16/h2-9H,10-11H2,1H3,(H,19,22)(H,20,21). The highest BCUT2D eigenvalue weighted by Crippen LogP contribution is 2.11. The van der Waals surface area contributed by atoms with Crippen LogP contribution < -0.4 is 15.4 Å². The molecule has 0 spiro atoms. The molecule has 2 aromatic carbocycles. The molecule has 0 saturated carbocycles. The molecule has 0 radical (unpaired) electrons. The van der Waals surface area contributed by atoms with E-state index in [9.17, 15) is 14.0 Å². The highest BCUT2D eigenvalue weighted by molar-refractivity contribution is 5.88. The van der Waals surface area contributed by atoms with Gasteiger partial charge in [0.15, 0.2) is 6.61 Å². The van der Waals surface area contributed by atoms with E-state index in [4.69, 9.17) is 4.74 Å². The summed E-state index contributed by atoms with van der Waals surface area (Å²) in [5, 5.41) is 5.38. The topological polar surface area (TPSA) is 67.4 Å². The van der Waals surface area contributed by atoms with E-state index in [1.54, 1.807) is 12.1 Å². The molecule has 5 nitrogen and oxygen atoms in total. The Balaban J connectivity index is 1.75. The molecule has 0 aromatic heterocycles. The number of carbonyl (C=O) groups excluding carboxylic acids is 2. The molecule has 2 rings (SSSR count). The zero-order chi connectivity index (χ0) is 16.7. The maximum absolute atomic E-state index is 12.7. The van der Waals surface area contributed by atoms with E-state index in [-0.39, 0.29) is 24.2 Å². The van der Waals surface area contributed by atoms with Crippen molar-refractivity contribution in [2.24, 2.45) is 0 Å². The van der Waals surface area contributed by atoms with Gasteiger partial charge in [-0.2, -0.15) is 0 Å². The minimum Gasteiger partial charge on any atom is -0.484 e. The second kappa shape index (κ2) is 7.93. The van der Waals surface area contributed by atoms with Crippen LogP contribution in [-0.4, -0.2) is 18.4 Å². The van der Waals surface area contributed by atoms with E-state index in [0.29, 0.717) is 18.0 Å². The number of hydrogen-bond donors (Lipinski definition) is 2. The van der Waals surface area contributed by atoms with Crippen molar-refractivity contribution in [3.05, 3.63) is 59.9 Å². The molecule has 2 N–H and O–H groups in total. The van der Waals surface area contributed by atoms with Crippen molar-refractivity contribution in [2.45, 2.75) is 13.5 Å². The van der Waals surface area contributed by atoms with Gasteiger partial charge in [0.1, 0.15) is 11.6 Å². The molecule has 0 unspecified atom stereocenters. The van der Waals surface area contributed by atoms with Crippen molar-refractivity contribution in [3.63, 3.8) is 0 Å². The number of benzene rings is 2. The SMILES string of the molecule is CC(=O)Nc1ccc(CNC(=O)COc2ccc(F)cc2)cc1. The van der Waals surface area contributed by atoms with Gasteiger partial charge in [0.05, 0.1) is 0 Å². The lowest BCUT2D eigenvalue weighted by atomic mass is 10.2. The fourth-order valence-electron chi connectivity index (χ4n) is 1.84. The van der Waals surface area contributed by atoms with Gasteiger partial charge in [0, 0.05) is 19.2 Å². The molecular weight excluding hydrogens is 299 g/mol. The molecular formula is C17H17FN2O3. The quantitative estimate of drug-likeness (QED) is 0.860. The van der Waals surface area contributed by atoms with E-state index in [0.717, 1.165) is 5.56 Å². The van der Waals surface area contributed by atoms with Gasteiger partial charge in [-0.25, -0.2) is 4.39 Å². The Labute approximate surface area is 133 Å². The van der Waals surface area contributed by atoms with Crippen molar-refractivity contribution in [1.82, 2.24) is 5.32 Å². The first-order valence-electron chi connectivity index (χ1n) is 7.04. The van der Waals surface area contributed by atoms with Crippen molar-refractivity contribution in [1.29, 1.82) is 0 Å². The molecule has 23 heavy (non-hydrogen) atoms. The van der Waals surface area contributed by atoms with Crippen LogP contribution in [0.2, 0.25) is 0 Å². The summed E-state index contributed by atoms with van der Waals surface area (Å²) in [6, 6.07) is 12.6. The van der Waals surface area contributed by atoms with Crippen molar-refractivity contribution in [3.8, 4) is 5.75 Å². The van der Waals surface area contributed by atoms with Gasteiger partial charge in [-0.05, 0) is 42.0 Å². The van der Waals surface area contributed by atoms with Crippen molar-refractivity contribution < 1.29 is 18.7 Å². The minimum atomic E-state index is -0.357. The van der Waals surface area contributed by atoms with E-state index < -0.39 is 0 Å². The maximum Gasteiger partial charge on any atom is 0.258 e. The number of hydrogen-bond acceptors (Lipinski definition) is 3. The molecule has 0 aliphatic carbocycles. The lowest BCUT2D eigenvalue weighted by Gasteiger charge is -2.08. The van der Waals surface area contributed by atoms with Crippen LogP contribution in [0.25, 0.3) is 0 Å². The molecule has 0 aliphatic rings. The molecule has 0 saturated heterocycles. The third-order valence-corrected chi connectivity index (χ3v) is 2.95. The second-order valence-electron chi connectivity index (χ2n) is 4.90. The molecule has 0 heterocycles. The van der Waals surface area contributed by atoms with Crippen molar-refractivity contribution in [2.75, 3.05) is 11.9 Å². The summed E-state index contributed by atoms with van der Waals surface area (Å²) >= 11 is 0. The van der Waals surface area contributed by atoms with Gasteiger partial charge in [0.2, 0.25) is 5.91 Å². The van der Waals surface area contributed by atoms with Crippen LogP contribution in [0.5, 0.6) is 5.75 Å². The molecule has 0 aliphatic heterocycles. The summed E-state index contributed by atoms with van der Waals surface area (Å²) < 4.78 is 18.0. The number of rotatable bonds is 6. The van der Waals surface area contributed by atoms with Gasteiger partial charge in [-0.15, -0.1) is 0 Å². The zero-order valence-electron chi connectivity index (χ0n) is 12.6. The van der Waals surface area contributed by atoms with Crippen LogP contribution in [0.4, 0.5) is 10.1 Å². The van der Waals surface area contributed by atoms with Gasteiger partial charge in [-0.1, -0.05) is 12.1 Å². The average Bonchev–Trinajstić information content (AvgIpc) is 2.53. The highest BCUT2D eigenvalue weighted by atomic mass is 19.1. The molecule has 120 valence electrons. The van der Waals surface area contributed by atoms with Crippen LogP contribution in [-0.2, 0) is 16.1 Å². The second-order valence-corrected chi connectivity index (χ2v) is 4.90. The van der Waals surface area contributed by atoms with Gasteiger partial charge in [-0.3, -0.25) is 9.59 Å². The Morgan fingerprint density at radius 2 is 1.70 bits per heavy atom. The fraction of sp³-hybridized carbons (Fsp3) is 0.176. The summed E-state index contributed by atoms with van der Waals surface area (Å²) in [6.07, 6.45) is 0. The maximum atomic E-state index is 12.7. The van der Waals surface area contributed by atoms with Crippen LogP contribution in [0.15, 0.2) is 48.5 Å². The number of carbonyl (C=O) groups is 2. The lowest BCUT2D eigenvalue weighted by Crippen LogP contribution is -2.28. The van der Waals surface area contributed by atoms with E-state index >= 15 is 0 Å². The molecule has 6 heteroatoms. The third-order valence-electron chi connectivity index (χ3n) is 2.95. The first-order valence-corrected chi connectivity index (χ1v) is 7.04. The van der Waals surface area contributed by atoms with Gasteiger partial charge >= 0.3 is 0 Å². The normalized spacial score (nSPS) is 10.0. The Kier molecular flexibility index (Phi) is 5.68.